The third-order valence-electron chi connectivity index (χ3n) is 3.55. The monoisotopic (exact) mass is 228 g/mol. The molecule has 0 aromatic carbocycles. The van der Waals surface area contributed by atoms with E-state index in [0.717, 1.165) is 17.2 Å². The first-order valence-electron chi connectivity index (χ1n) is 6.04. The van der Waals surface area contributed by atoms with Gasteiger partial charge in [-0.25, -0.2) is 9.97 Å². The number of aromatic nitrogens is 3. The highest BCUT2D eigenvalue weighted by Gasteiger charge is 2.38. The summed E-state index contributed by atoms with van der Waals surface area (Å²) >= 11 is 0. The van der Waals surface area contributed by atoms with E-state index < -0.39 is 0 Å². The number of pyridine rings is 1. The Balaban J connectivity index is 2.00. The molecular formula is C13H16N4. The Bertz CT molecular complexity index is 532. The molecule has 2 unspecified atom stereocenters. The van der Waals surface area contributed by atoms with Gasteiger partial charge in [0.2, 0.25) is 0 Å². The smallest absolute Gasteiger partial charge is 0.132 e. The zero-order chi connectivity index (χ0) is 11.8. The molecule has 0 aliphatic heterocycles. The van der Waals surface area contributed by atoms with Crippen molar-refractivity contribution in [2.45, 2.75) is 25.8 Å². The summed E-state index contributed by atoms with van der Waals surface area (Å²) in [6.45, 7) is 2.24. The van der Waals surface area contributed by atoms with Crippen LogP contribution in [-0.2, 0) is 0 Å². The number of hydrogen-bond donors (Lipinski definition) is 1. The fourth-order valence-corrected chi connectivity index (χ4v) is 2.42. The van der Waals surface area contributed by atoms with E-state index in [2.05, 4.69) is 21.5 Å². The van der Waals surface area contributed by atoms with Crippen LogP contribution in [-0.4, -0.2) is 14.5 Å². The first kappa shape index (κ1) is 10.3. The average Bonchev–Trinajstić information content (AvgIpc) is 2.98. The molecule has 17 heavy (non-hydrogen) atoms. The molecule has 88 valence electrons. The molecule has 1 fully saturated rings. The van der Waals surface area contributed by atoms with Crippen molar-refractivity contribution in [1.82, 2.24) is 14.5 Å². The largest absolute Gasteiger partial charge is 0.383 e. The minimum absolute atomic E-state index is 0.572. The number of hydrogen-bond acceptors (Lipinski definition) is 3. The first-order valence-corrected chi connectivity index (χ1v) is 6.04. The van der Waals surface area contributed by atoms with E-state index in [9.17, 15) is 0 Å². The molecule has 2 heterocycles. The van der Waals surface area contributed by atoms with E-state index in [0.29, 0.717) is 11.9 Å². The third kappa shape index (κ3) is 1.69. The normalized spacial score (nSPS) is 22.6. The van der Waals surface area contributed by atoms with Crippen LogP contribution in [0.2, 0.25) is 0 Å². The lowest BCUT2D eigenvalue weighted by Gasteiger charge is -2.08. The zero-order valence-corrected chi connectivity index (χ0v) is 9.87. The molecule has 0 radical (unpaired) electrons. The van der Waals surface area contributed by atoms with Gasteiger partial charge < -0.3 is 10.3 Å². The molecule has 4 heteroatoms. The fraction of sp³-hybridized carbons (Fsp3) is 0.385. The van der Waals surface area contributed by atoms with Crippen LogP contribution < -0.4 is 5.73 Å². The van der Waals surface area contributed by atoms with Gasteiger partial charge in [-0.3, -0.25) is 0 Å². The van der Waals surface area contributed by atoms with Crippen molar-refractivity contribution in [3.05, 3.63) is 30.9 Å². The third-order valence-corrected chi connectivity index (χ3v) is 3.55. The first-order chi connectivity index (χ1) is 8.31. The van der Waals surface area contributed by atoms with Crippen LogP contribution in [0.15, 0.2) is 30.9 Å². The molecule has 3 rings (SSSR count). The Morgan fingerprint density at radius 3 is 3.12 bits per heavy atom. The Labute approximate surface area is 101 Å². The summed E-state index contributed by atoms with van der Waals surface area (Å²) in [6, 6.07) is 4.50. The molecule has 2 aromatic heterocycles. The summed E-state index contributed by atoms with van der Waals surface area (Å²) in [5.41, 5.74) is 7.97. The maximum atomic E-state index is 5.92. The van der Waals surface area contributed by atoms with Crippen LogP contribution in [0.25, 0.3) is 11.3 Å². The van der Waals surface area contributed by atoms with Gasteiger partial charge in [-0.05, 0) is 24.5 Å². The highest BCUT2D eigenvalue weighted by atomic mass is 15.1. The van der Waals surface area contributed by atoms with E-state index in [4.69, 9.17) is 5.73 Å². The van der Waals surface area contributed by atoms with E-state index >= 15 is 0 Å². The lowest BCUT2D eigenvalue weighted by atomic mass is 10.2. The van der Waals surface area contributed by atoms with E-state index in [1.165, 1.54) is 12.8 Å². The highest BCUT2D eigenvalue weighted by Crippen LogP contribution is 2.47. The molecule has 1 aliphatic carbocycles. The quantitative estimate of drug-likeness (QED) is 0.878. The average molecular weight is 228 g/mol. The fourth-order valence-electron chi connectivity index (χ4n) is 2.42. The van der Waals surface area contributed by atoms with Crippen molar-refractivity contribution < 1.29 is 0 Å². The van der Waals surface area contributed by atoms with Gasteiger partial charge in [0, 0.05) is 17.8 Å². The number of imidazole rings is 1. The van der Waals surface area contributed by atoms with Crippen LogP contribution in [0.3, 0.4) is 0 Å². The number of nitrogens with two attached hydrogens (primary N) is 1. The summed E-state index contributed by atoms with van der Waals surface area (Å²) in [7, 11) is 0. The van der Waals surface area contributed by atoms with Crippen molar-refractivity contribution >= 4 is 5.82 Å². The molecule has 0 bridgehead atoms. The maximum absolute atomic E-state index is 5.92. The van der Waals surface area contributed by atoms with Crippen LogP contribution in [0.1, 0.15) is 25.8 Å². The molecule has 0 saturated heterocycles. The topological polar surface area (TPSA) is 56.7 Å². The van der Waals surface area contributed by atoms with Crippen LogP contribution in [0.4, 0.5) is 5.82 Å². The molecule has 0 amide bonds. The predicted octanol–water partition coefficient (Wildman–Crippen LogP) is 2.50. The molecule has 0 spiro atoms. The molecular weight excluding hydrogens is 212 g/mol. The Morgan fingerprint density at radius 2 is 2.41 bits per heavy atom. The second-order valence-corrected chi connectivity index (χ2v) is 4.59. The molecule has 1 aliphatic rings. The van der Waals surface area contributed by atoms with Gasteiger partial charge in [0.1, 0.15) is 5.82 Å². The molecule has 2 N–H and O–H groups in total. The van der Waals surface area contributed by atoms with Gasteiger partial charge in [0.25, 0.3) is 0 Å². The van der Waals surface area contributed by atoms with Crippen molar-refractivity contribution in [3.63, 3.8) is 0 Å². The molecule has 1 saturated carbocycles. The number of nitrogen functional groups attached to an aromatic ring is 1. The maximum Gasteiger partial charge on any atom is 0.132 e. The summed E-state index contributed by atoms with van der Waals surface area (Å²) in [4.78, 5) is 8.38. The standard InChI is InChI=1S/C13H16N4/c1-2-9-6-11(9)17-8-15-7-12(17)10-4-3-5-16-13(10)14/h3-5,7-9,11H,2,6H2,1H3,(H2,14,16). The second-order valence-electron chi connectivity index (χ2n) is 4.59. The molecule has 4 nitrogen and oxygen atoms in total. The van der Waals surface area contributed by atoms with E-state index in [1.807, 2.05) is 24.7 Å². The van der Waals surface area contributed by atoms with Crippen molar-refractivity contribution in [1.29, 1.82) is 0 Å². The lowest BCUT2D eigenvalue weighted by Crippen LogP contribution is -2.00. The van der Waals surface area contributed by atoms with Crippen LogP contribution in [0.5, 0.6) is 0 Å². The second kappa shape index (κ2) is 3.87. The van der Waals surface area contributed by atoms with Crippen LogP contribution >= 0.6 is 0 Å². The minimum Gasteiger partial charge on any atom is -0.383 e. The van der Waals surface area contributed by atoms with Crippen molar-refractivity contribution in [2.75, 3.05) is 5.73 Å². The van der Waals surface area contributed by atoms with Gasteiger partial charge >= 0.3 is 0 Å². The van der Waals surface area contributed by atoms with Gasteiger partial charge in [-0.15, -0.1) is 0 Å². The van der Waals surface area contributed by atoms with Gasteiger partial charge in [-0.1, -0.05) is 13.3 Å². The van der Waals surface area contributed by atoms with Crippen molar-refractivity contribution in [3.8, 4) is 11.3 Å². The molecule has 2 aromatic rings. The zero-order valence-electron chi connectivity index (χ0n) is 9.87. The summed E-state index contributed by atoms with van der Waals surface area (Å²) in [5, 5.41) is 0. The van der Waals surface area contributed by atoms with Gasteiger partial charge in [-0.2, -0.15) is 0 Å². The van der Waals surface area contributed by atoms with E-state index in [1.54, 1.807) is 6.20 Å². The molecule has 2 atom stereocenters. The number of anilines is 1. The minimum atomic E-state index is 0.572. The van der Waals surface area contributed by atoms with Crippen molar-refractivity contribution in [2.24, 2.45) is 5.92 Å². The Kier molecular flexibility index (Phi) is 2.35. The van der Waals surface area contributed by atoms with Gasteiger partial charge in [0.15, 0.2) is 0 Å². The summed E-state index contributed by atoms with van der Waals surface area (Å²) in [5.74, 6) is 1.36. The van der Waals surface area contributed by atoms with E-state index in [-0.39, 0.29) is 0 Å². The number of nitrogens with zero attached hydrogens (tertiary/aromatic N) is 3. The van der Waals surface area contributed by atoms with Crippen LogP contribution in [0, 0.1) is 5.92 Å². The summed E-state index contributed by atoms with van der Waals surface area (Å²) in [6.07, 6.45) is 7.97. The lowest BCUT2D eigenvalue weighted by molar-refractivity contribution is 0.645. The Hall–Kier alpha value is -1.84. The Morgan fingerprint density at radius 1 is 1.53 bits per heavy atom. The SMILES string of the molecule is CCC1CC1n1cncc1-c1cccnc1N. The highest BCUT2D eigenvalue weighted by molar-refractivity contribution is 5.70. The van der Waals surface area contributed by atoms with Gasteiger partial charge in [0.05, 0.1) is 18.2 Å². The predicted molar refractivity (Wildman–Crippen MR) is 67.3 cm³/mol. The summed E-state index contributed by atoms with van der Waals surface area (Å²) < 4.78 is 2.24. The number of rotatable bonds is 3.